The lowest BCUT2D eigenvalue weighted by molar-refractivity contribution is -0.906. The number of carbonyl (C=O) groups excluding carboxylic acids is 1. The number of hydrogen-bond acceptors (Lipinski definition) is 7. The number of nitrogens with zero attached hydrogens (tertiary/aromatic N) is 3. The molecular formula is C28H26N3O7+. The Bertz CT molecular complexity index is 1420. The zero-order valence-electron chi connectivity index (χ0n) is 20.4. The molecule has 4 aromatic rings. The summed E-state index contributed by atoms with van der Waals surface area (Å²) in [5, 5.41) is 23.6. The summed E-state index contributed by atoms with van der Waals surface area (Å²) in [5.41, 5.74) is 2.36. The highest BCUT2D eigenvalue weighted by atomic mass is 16.5. The maximum Gasteiger partial charge on any atom is 0.374 e. The summed E-state index contributed by atoms with van der Waals surface area (Å²) in [4.78, 5) is 26.1. The van der Waals surface area contributed by atoms with Crippen molar-refractivity contribution in [3.8, 4) is 11.5 Å². The van der Waals surface area contributed by atoms with Crippen LogP contribution >= 0.6 is 0 Å². The van der Waals surface area contributed by atoms with Crippen LogP contribution in [0.3, 0.4) is 0 Å². The van der Waals surface area contributed by atoms with E-state index in [1.807, 2.05) is 60.7 Å². The molecule has 5 rings (SSSR count). The molecule has 1 amide bonds. The van der Waals surface area contributed by atoms with Crippen molar-refractivity contribution < 1.29 is 38.6 Å². The number of ether oxygens (including phenoxy) is 2. The summed E-state index contributed by atoms with van der Waals surface area (Å²) in [6.45, 7) is 1.21. The molecule has 38 heavy (non-hydrogen) atoms. The lowest BCUT2D eigenvalue weighted by atomic mass is 10.1. The second-order valence-corrected chi connectivity index (χ2v) is 8.94. The minimum atomic E-state index is -1.20. The van der Waals surface area contributed by atoms with Crippen molar-refractivity contribution in [2.75, 3.05) is 13.1 Å². The molecule has 194 valence electrons. The van der Waals surface area contributed by atoms with Gasteiger partial charge in [-0.3, -0.25) is 10.0 Å². The zero-order valence-corrected chi connectivity index (χ0v) is 20.4. The summed E-state index contributed by atoms with van der Waals surface area (Å²) in [6, 6.07) is 22.0. The third kappa shape index (κ3) is 5.59. The summed E-state index contributed by atoms with van der Waals surface area (Å²) in [7, 11) is 0. The predicted octanol–water partition coefficient (Wildman–Crippen LogP) is 3.69. The molecule has 1 aliphatic rings. The minimum Gasteiger partial charge on any atom is -0.484 e. The summed E-state index contributed by atoms with van der Waals surface area (Å²) in [5.74, 6) is -1.43. The van der Waals surface area contributed by atoms with Crippen LogP contribution in [0.1, 0.15) is 50.2 Å². The normalized spacial score (nSPS) is 14.8. The molecule has 0 saturated carbocycles. The molecule has 10 heteroatoms. The number of benzene rings is 2. The maximum atomic E-state index is 13.4. The number of aromatic carboxylic acids is 1. The van der Waals surface area contributed by atoms with Gasteiger partial charge in [0.15, 0.2) is 5.75 Å². The highest BCUT2D eigenvalue weighted by Crippen LogP contribution is 2.31. The monoisotopic (exact) mass is 516 g/mol. The van der Waals surface area contributed by atoms with Gasteiger partial charge in [0.2, 0.25) is 11.5 Å². The van der Waals surface area contributed by atoms with E-state index in [4.69, 9.17) is 19.1 Å². The SMILES string of the molecule is O=C(O)c1cc([C@@H]2CCN(C(=O)c3cc(OCc4ccccc4)c(OCc4ccccc4)c[n+]3O)C2)no1. The van der Waals surface area contributed by atoms with Crippen LogP contribution in [-0.2, 0) is 13.2 Å². The molecule has 1 atom stereocenters. The molecule has 0 aliphatic carbocycles. The second kappa shape index (κ2) is 11.0. The van der Waals surface area contributed by atoms with Crippen molar-refractivity contribution in [3.63, 3.8) is 0 Å². The van der Waals surface area contributed by atoms with E-state index < -0.39 is 11.9 Å². The van der Waals surface area contributed by atoms with Gasteiger partial charge in [-0.2, -0.15) is 0 Å². The van der Waals surface area contributed by atoms with Crippen LogP contribution in [0.4, 0.5) is 0 Å². The first-order valence-corrected chi connectivity index (χ1v) is 12.1. The van der Waals surface area contributed by atoms with Gasteiger partial charge in [0.1, 0.15) is 13.2 Å². The van der Waals surface area contributed by atoms with Crippen molar-refractivity contribution in [1.29, 1.82) is 0 Å². The van der Waals surface area contributed by atoms with Gasteiger partial charge in [-0.05, 0) is 17.5 Å². The largest absolute Gasteiger partial charge is 0.484 e. The Kier molecular flexibility index (Phi) is 7.21. The fourth-order valence-corrected chi connectivity index (χ4v) is 4.29. The maximum absolute atomic E-state index is 13.4. The van der Waals surface area contributed by atoms with Gasteiger partial charge in [-0.15, -0.1) is 0 Å². The van der Waals surface area contributed by atoms with E-state index in [-0.39, 0.29) is 36.3 Å². The minimum absolute atomic E-state index is 0.00662. The Hall–Kier alpha value is -4.86. The molecule has 1 saturated heterocycles. The Morgan fingerprint density at radius 1 is 0.974 bits per heavy atom. The van der Waals surface area contributed by atoms with Crippen molar-refractivity contribution in [1.82, 2.24) is 10.1 Å². The third-order valence-electron chi connectivity index (χ3n) is 6.32. The number of amides is 1. The summed E-state index contributed by atoms with van der Waals surface area (Å²) < 4.78 is 17.6. The third-order valence-corrected chi connectivity index (χ3v) is 6.32. The fraction of sp³-hybridized carbons (Fsp3) is 0.214. The van der Waals surface area contributed by atoms with Gasteiger partial charge in [-0.1, -0.05) is 65.8 Å². The molecule has 2 N–H and O–H groups in total. The van der Waals surface area contributed by atoms with Crippen LogP contribution in [0.25, 0.3) is 0 Å². The van der Waals surface area contributed by atoms with Crippen molar-refractivity contribution in [2.24, 2.45) is 0 Å². The number of pyridine rings is 1. The van der Waals surface area contributed by atoms with E-state index in [2.05, 4.69) is 5.16 Å². The van der Waals surface area contributed by atoms with Crippen LogP contribution < -0.4 is 14.2 Å². The number of carboxylic acids is 1. The van der Waals surface area contributed by atoms with Crippen molar-refractivity contribution in [2.45, 2.75) is 25.6 Å². The molecule has 1 aliphatic heterocycles. The van der Waals surface area contributed by atoms with E-state index in [1.54, 1.807) is 4.90 Å². The molecule has 0 unspecified atom stereocenters. The van der Waals surface area contributed by atoms with Crippen LogP contribution in [0.15, 0.2) is 83.5 Å². The summed E-state index contributed by atoms with van der Waals surface area (Å²) in [6.07, 6.45) is 1.90. The number of aromatic nitrogens is 2. The molecule has 0 bridgehead atoms. The van der Waals surface area contributed by atoms with Gasteiger partial charge >= 0.3 is 17.6 Å². The molecule has 0 radical (unpaired) electrons. The lowest BCUT2D eigenvalue weighted by Crippen LogP contribution is -2.43. The molecule has 2 aromatic heterocycles. The number of carboxylic acid groups (broad SMARTS) is 1. The number of rotatable bonds is 9. The summed E-state index contributed by atoms with van der Waals surface area (Å²) >= 11 is 0. The quantitative estimate of drug-likeness (QED) is 0.255. The number of carbonyl (C=O) groups is 2. The van der Waals surface area contributed by atoms with Gasteiger partial charge in [0.05, 0.1) is 11.8 Å². The predicted molar refractivity (Wildman–Crippen MR) is 132 cm³/mol. The standard InChI is InChI=1S/C28H25N3O7/c32-27(30-12-11-21(15-30)22-13-25(28(33)34)38-29-22)23-14-24(36-17-19-7-3-1-4-8-19)26(16-31(23)35)37-18-20-9-5-2-6-10-20/h1-10,13-14,16,21H,11-12,15,17-18H2,(H-,32,33,34,35)/p+1/t21-/m1/s1. The van der Waals surface area contributed by atoms with Gasteiger partial charge in [-0.25, -0.2) is 4.79 Å². The molecule has 10 nitrogen and oxygen atoms in total. The Morgan fingerprint density at radius 2 is 1.61 bits per heavy atom. The van der Waals surface area contributed by atoms with Gasteiger partial charge in [0, 0.05) is 29.8 Å². The Balaban J connectivity index is 1.36. The van der Waals surface area contributed by atoms with E-state index in [0.717, 1.165) is 15.9 Å². The van der Waals surface area contributed by atoms with E-state index in [1.165, 1.54) is 18.3 Å². The molecular weight excluding hydrogens is 490 g/mol. The molecule has 2 aromatic carbocycles. The molecule has 3 heterocycles. The topological polar surface area (TPSA) is 126 Å². The fourth-order valence-electron chi connectivity index (χ4n) is 4.29. The van der Waals surface area contributed by atoms with Crippen LogP contribution in [0.2, 0.25) is 0 Å². The molecule has 0 spiro atoms. The Labute approximate surface area is 218 Å². The zero-order chi connectivity index (χ0) is 26.5. The second-order valence-electron chi connectivity index (χ2n) is 8.94. The van der Waals surface area contributed by atoms with E-state index in [0.29, 0.717) is 31.0 Å². The van der Waals surface area contributed by atoms with Gasteiger partial charge < -0.3 is 24.0 Å². The first-order chi connectivity index (χ1) is 18.5. The van der Waals surface area contributed by atoms with Crippen LogP contribution in [0.5, 0.6) is 11.5 Å². The highest BCUT2D eigenvalue weighted by molar-refractivity contribution is 5.91. The number of likely N-dealkylation sites (tertiary alicyclic amines) is 1. The average Bonchev–Trinajstić information content (AvgIpc) is 3.63. The molecule has 1 fully saturated rings. The van der Waals surface area contributed by atoms with E-state index in [9.17, 15) is 14.8 Å². The Morgan fingerprint density at radius 3 is 2.21 bits per heavy atom. The van der Waals surface area contributed by atoms with E-state index >= 15 is 0 Å². The van der Waals surface area contributed by atoms with Crippen molar-refractivity contribution in [3.05, 3.63) is 107 Å². The van der Waals surface area contributed by atoms with Gasteiger partial charge in [0.25, 0.3) is 6.20 Å². The van der Waals surface area contributed by atoms with Crippen LogP contribution in [-0.4, -0.2) is 45.3 Å². The number of hydrogen-bond donors (Lipinski definition) is 2. The first kappa shape index (κ1) is 24.8. The van der Waals surface area contributed by atoms with Crippen LogP contribution in [0, 0.1) is 0 Å². The smallest absolute Gasteiger partial charge is 0.374 e. The first-order valence-electron chi connectivity index (χ1n) is 12.1. The average molecular weight is 517 g/mol. The van der Waals surface area contributed by atoms with Crippen molar-refractivity contribution >= 4 is 11.9 Å². The lowest BCUT2D eigenvalue weighted by Gasteiger charge is -2.15. The highest BCUT2D eigenvalue weighted by Gasteiger charge is 2.35.